The smallest absolute Gasteiger partial charge is 0.0603 e. The zero-order chi connectivity index (χ0) is 7.56. The van der Waals surface area contributed by atoms with Crippen molar-refractivity contribution in [3.63, 3.8) is 0 Å². The van der Waals surface area contributed by atoms with Crippen LogP contribution in [0, 0.1) is 0 Å². The fourth-order valence-electron chi connectivity index (χ4n) is 0.787. The molecule has 0 atom stereocenters. The van der Waals surface area contributed by atoms with Crippen LogP contribution in [0.4, 0.5) is 0 Å². The summed E-state index contributed by atoms with van der Waals surface area (Å²) >= 11 is 5.97. The van der Waals surface area contributed by atoms with Crippen molar-refractivity contribution in [2.45, 2.75) is 17.6 Å². The number of hydrogen-bond donors (Lipinski definition) is 1. The van der Waals surface area contributed by atoms with Gasteiger partial charge in [0.05, 0.1) is 4.21 Å². The normalized spacial score (nSPS) is 9.80. The highest BCUT2D eigenvalue weighted by Gasteiger charge is 1.98. The topological polar surface area (TPSA) is 0 Å². The van der Waals surface area contributed by atoms with E-state index < -0.39 is 0 Å². The van der Waals surface area contributed by atoms with E-state index in [1.807, 2.05) is 6.92 Å². The molecule has 54 valence electrons. The van der Waals surface area contributed by atoms with Gasteiger partial charge in [0.15, 0.2) is 0 Å². The SMILES string of the molecule is C=C(C)Cc1ccsc1S. The maximum atomic E-state index is 4.30. The number of thiol groups is 1. The second-order valence-corrected chi connectivity index (χ2v) is 4.05. The molecule has 2 heteroatoms. The Morgan fingerprint density at radius 3 is 2.90 bits per heavy atom. The third kappa shape index (κ3) is 1.89. The Bertz CT molecular complexity index is 235. The van der Waals surface area contributed by atoms with Gasteiger partial charge < -0.3 is 0 Å². The molecule has 0 aromatic carbocycles. The molecule has 0 aliphatic heterocycles. The average Bonchev–Trinajstić information content (AvgIpc) is 2.15. The molecular formula is C8H10S2. The molecule has 0 N–H and O–H groups in total. The molecule has 0 unspecified atom stereocenters. The van der Waals surface area contributed by atoms with E-state index in [0.29, 0.717) is 0 Å². The Balaban J connectivity index is 2.74. The van der Waals surface area contributed by atoms with Crippen molar-refractivity contribution in [1.82, 2.24) is 0 Å². The molecule has 10 heavy (non-hydrogen) atoms. The lowest BCUT2D eigenvalue weighted by atomic mass is 10.1. The predicted molar refractivity (Wildman–Crippen MR) is 50.1 cm³/mol. The molecule has 1 heterocycles. The van der Waals surface area contributed by atoms with Crippen molar-refractivity contribution in [1.29, 1.82) is 0 Å². The maximum Gasteiger partial charge on any atom is 0.0603 e. The van der Waals surface area contributed by atoms with Gasteiger partial charge in [0, 0.05) is 0 Å². The third-order valence-corrected chi connectivity index (χ3v) is 2.58. The lowest BCUT2D eigenvalue weighted by Gasteiger charge is -1.95. The fraction of sp³-hybridized carbons (Fsp3) is 0.250. The third-order valence-electron chi connectivity index (χ3n) is 1.22. The first-order valence-corrected chi connectivity index (χ1v) is 4.42. The van der Waals surface area contributed by atoms with Gasteiger partial charge in [0.2, 0.25) is 0 Å². The summed E-state index contributed by atoms with van der Waals surface area (Å²) in [7, 11) is 0. The summed E-state index contributed by atoms with van der Waals surface area (Å²) in [5, 5.41) is 2.06. The molecule has 0 bridgehead atoms. The Labute approximate surface area is 71.0 Å². The first kappa shape index (κ1) is 7.89. The van der Waals surface area contributed by atoms with Crippen molar-refractivity contribution in [3.8, 4) is 0 Å². The predicted octanol–water partition coefficient (Wildman–Crippen LogP) is 3.16. The van der Waals surface area contributed by atoms with E-state index in [1.165, 1.54) is 11.1 Å². The van der Waals surface area contributed by atoms with Crippen LogP contribution in [0.15, 0.2) is 27.8 Å². The van der Waals surface area contributed by atoms with Crippen LogP contribution < -0.4 is 0 Å². The number of allylic oxidation sites excluding steroid dienone is 1. The Hall–Kier alpha value is -0.210. The van der Waals surface area contributed by atoms with Gasteiger partial charge in [-0.3, -0.25) is 0 Å². The molecule has 0 amide bonds. The van der Waals surface area contributed by atoms with Gasteiger partial charge in [-0.2, -0.15) is 0 Å². The fourth-order valence-corrected chi connectivity index (χ4v) is 1.78. The Morgan fingerprint density at radius 1 is 1.80 bits per heavy atom. The number of thiophene rings is 1. The van der Waals surface area contributed by atoms with E-state index in [9.17, 15) is 0 Å². The summed E-state index contributed by atoms with van der Waals surface area (Å²) in [4.78, 5) is 0. The molecule has 1 aromatic rings. The van der Waals surface area contributed by atoms with Gasteiger partial charge in [-0.05, 0) is 30.4 Å². The summed E-state index contributed by atoms with van der Waals surface area (Å²) in [6.45, 7) is 5.87. The summed E-state index contributed by atoms with van der Waals surface area (Å²) in [5.74, 6) is 0. The lowest BCUT2D eigenvalue weighted by Crippen LogP contribution is -1.81. The largest absolute Gasteiger partial charge is 0.137 e. The Kier molecular flexibility index (Phi) is 2.57. The van der Waals surface area contributed by atoms with Gasteiger partial charge in [-0.1, -0.05) is 12.2 Å². The minimum atomic E-state index is 0.961. The highest BCUT2D eigenvalue weighted by atomic mass is 32.2. The molecule has 0 aliphatic rings. The molecule has 1 rings (SSSR count). The molecular weight excluding hydrogens is 160 g/mol. The second kappa shape index (κ2) is 3.26. The van der Waals surface area contributed by atoms with Crippen LogP contribution in [-0.4, -0.2) is 0 Å². The maximum absolute atomic E-state index is 4.30. The molecule has 1 aromatic heterocycles. The van der Waals surface area contributed by atoms with E-state index in [0.717, 1.165) is 10.6 Å². The van der Waals surface area contributed by atoms with Crippen LogP contribution in [0.25, 0.3) is 0 Å². The number of rotatable bonds is 2. The average molecular weight is 170 g/mol. The summed E-state index contributed by atoms with van der Waals surface area (Å²) in [5.41, 5.74) is 2.48. The van der Waals surface area contributed by atoms with Gasteiger partial charge >= 0.3 is 0 Å². The van der Waals surface area contributed by atoms with Crippen LogP contribution in [0.5, 0.6) is 0 Å². The van der Waals surface area contributed by atoms with Crippen molar-refractivity contribution in [2.24, 2.45) is 0 Å². The van der Waals surface area contributed by atoms with E-state index in [1.54, 1.807) is 11.3 Å². The second-order valence-electron chi connectivity index (χ2n) is 2.38. The zero-order valence-corrected chi connectivity index (χ0v) is 7.64. The first-order valence-electron chi connectivity index (χ1n) is 3.10. The highest BCUT2D eigenvalue weighted by Crippen LogP contribution is 2.22. The highest BCUT2D eigenvalue weighted by molar-refractivity contribution is 7.82. The van der Waals surface area contributed by atoms with Gasteiger partial charge in [0.25, 0.3) is 0 Å². The van der Waals surface area contributed by atoms with Crippen molar-refractivity contribution in [2.75, 3.05) is 0 Å². The lowest BCUT2D eigenvalue weighted by molar-refractivity contribution is 1.14. The van der Waals surface area contributed by atoms with Crippen LogP contribution in [0.2, 0.25) is 0 Å². The zero-order valence-electron chi connectivity index (χ0n) is 5.92. The minimum absolute atomic E-state index is 0.961. The van der Waals surface area contributed by atoms with E-state index in [2.05, 4.69) is 30.7 Å². The van der Waals surface area contributed by atoms with Gasteiger partial charge in [-0.25, -0.2) is 0 Å². The Morgan fingerprint density at radius 2 is 2.50 bits per heavy atom. The summed E-state index contributed by atoms with van der Waals surface area (Å²) in [6, 6.07) is 2.10. The molecule has 0 fully saturated rings. The van der Waals surface area contributed by atoms with E-state index in [-0.39, 0.29) is 0 Å². The summed E-state index contributed by atoms with van der Waals surface area (Å²) in [6.07, 6.45) is 0.961. The first-order chi connectivity index (χ1) is 4.70. The summed E-state index contributed by atoms with van der Waals surface area (Å²) < 4.78 is 1.11. The quantitative estimate of drug-likeness (QED) is 0.511. The van der Waals surface area contributed by atoms with Crippen molar-refractivity contribution < 1.29 is 0 Å². The van der Waals surface area contributed by atoms with Gasteiger partial charge in [-0.15, -0.1) is 24.0 Å². The minimum Gasteiger partial charge on any atom is -0.137 e. The van der Waals surface area contributed by atoms with E-state index >= 15 is 0 Å². The van der Waals surface area contributed by atoms with Crippen LogP contribution in [0.3, 0.4) is 0 Å². The van der Waals surface area contributed by atoms with Crippen LogP contribution in [-0.2, 0) is 6.42 Å². The molecule has 0 spiro atoms. The van der Waals surface area contributed by atoms with Crippen molar-refractivity contribution in [3.05, 3.63) is 29.2 Å². The molecule has 0 saturated heterocycles. The van der Waals surface area contributed by atoms with Crippen molar-refractivity contribution >= 4 is 24.0 Å². The monoisotopic (exact) mass is 170 g/mol. The van der Waals surface area contributed by atoms with E-state index in [4.69, 9.17) is 0 Å². The standard InChI is InChI=1S/C8H10S2/c1-6(2)5-7-3-4-10-8(7)9/h3-4,9H,1,5H2,2H3. The van der Waals surface area contributed by atoms with Crippen LogP contribution in [0.1, 0.15) is 12.5 Å². The molecule has 0 nitrogen and oxygen atoms in total. The van der Waals surface area contributed by atoms with Gasteiger partial charge in [0.1, 0.15) is 0 Å². The van der Waals surface area contributed by atoms with Crippen LogP contribution >= 0.6 is 24.0 Å². The molecule has 0 aliphatic carbocycles. The number of hydrogen-bond acceptors (Lipinski definition) is 2. The molecule has 0 radical (unpaired) electrons. The molecule has 0 saturated carbocycles.